The van der Waals surface area contributed by atoms with Crippen LogP contribution in [0.3, 0.4) is 0 Å². The van der Waals surface area contributed by atoms with Crippen molar-refractivity contribution in [3.05, 3.63) is 29.8 Å². The maximum atomic E-state index is 12.1. The van der Waals surface area contributed by atoms with Gasteiger partial charge in [0.2, 0.25) is 5.91 Å². The van der Waals surface area contributed by atoms with Gasteiger partial charge in [0.25, 0.3) is 5.91 Å². The molecule has 1 aromatic carbocycles. The zero-order chi connectivity index (χ0) is 13.7. The first kappa shape index (κ1) is 13.6. The molecule has 4 nitrogen and oxygen atoms in total. The van der Waals surface area contributed by atoms with Gasteiger partial charge in [-0.3, -0.25) is 9.59 Å². The Bertz CT molecular complexity index is 448. The second kappa shape index (κ2) is 6.36. The SMILES string of the molecule is CNC(=O)c1ccc(NC(=O)C2CCCCC2)cc1. The van der Waals surface area contributed by atoms with Crippen molar-refractivity contribution in [2.24, 2.45) is 5.92 Å². The third kappa shape index (κ3) is 3.56. The predicted molar refractivity (Wildman–Crippen MR) is 75.0 cm³/mol. The summed E-state index contributed by atoms with van der Waals surface area (Å²) < 4.78 is 0. The Labute approximate surface area is 113 Å². The molecule has 0 saturated heterocycles. The van der Waals surface area contributed by atoms with E-state index >= 15 is 0 Å². The van der Waals surface area contributed by atoms with Crippen molar-refractivity contribution in [1.29, 1.82) is 0 Å². The highest BCUT2D eigenvalue weighted by Crippen LogP contribution is 2.25. The van der Waals surface area contributed by atoms with E-state index in [1.165, 1.54) is 6.42 Å². The summed E-state index contributed by atoms with van der Waals surface area (Å²) >= 11 is 0. The Hall–Kier alpha value is -1.84. The van der Waals surface area contributed by atoms with Gasteiger partial charge in [-0.15, -0.1) is 0 Å². The van der Waals surface area contributed by atoms with E-state index in [1.54, 1.807) is 31.3 Å². The molecule has 2 rings (SSSR count). The average molecular weight is 260 g/mol. The lowest BCUT2D eigenvalue weighted by Gasteiger charge is -2.20. The Morgan fingerprint density at radius 3 is 2.26 bits per heavy atom. The first-order valence-corrected chi connectivity index (χ1v) is 6.83. The lowest BCUT2D eigenvalue weighted by molar-refractivity contribution is -0.120. The number of carbonyl (C=O) groups is 2. The molecule has 0 radical (unpaired) electrons. The summed E-state index contributed by atoms with van der Waals surface area (Å²) in [6.07, 6.45) is 5.51. The molecular weight excluding hydrogens is 240 g/mol. The molecule has 1 aliphatic rings. The largest absolute Gasteiger partial charge is 0.355 e. The Kier molecular flexibility index (Phi) is 4.55. The first-order chi connectivity index (χ1) is 9.20. The minimum absolute atomic E-state index is 0.104. The number of hydrogen-bond acceptors (Lipinski definition) is 2. The number of amides is 2. The van der Waals surface area contributed by atoms with Crippen LogP contribution in [-0.2, 0) is 4.79 Å². The number of carbonyl (C=O) groups excluding carboxylic acids is 2. The highest BCUT2D eigenvalue weighted by atomic mass is 16.2. The summed E-state index contributed by atoms with van der Waals surface area (Å²) in [7, 11) is 1.60. The van der Waals surface area contributed by atoms with Gasteiger partial charge in [0.1, 0.15) is 0 Å². The molecule has 0 atom stereocenters. The van der Waals surface area contributed by atoms with Crippen molar-refractivity contribution in [2.45, 2.75) is 32.1 Å². The van der Waals surface area contributed by atoms with Gasteiger partial charge < -0.3 is 10.6 Å². The molecule has 0 unspecified atom stereocenters. The fourth-order valence-corrected chi connectivity index (χ4v) is 2.46. The Morgan fingerprint density at radius 2 is 1.68 bits per heavy atom. The Balaban J connectivity index is 1.95. The van der Waals surface area contributed by atoms with Crippen LogP contribution in [-0.4, -0.2) is 18.9 Å². The minimum atomic E-state index is -0.120. The van der Waals surface area contributed by atoms with Gasteiger partial charge in [0, 0.05) is 24.2 Å². The molecule has 1 fully saturated rings. The van der Waals surface area contributed by atoms with Crippen LogP contribution in [0, 0.1) is 5.92 Å². The van der Waals surface area contributed by atoms with Crippen molar-refractivity contribution in [2.75, 3.05) is 12.4 Å². The number of hydrogen-bond donors (Lipinski definition) is 2. The van der Waals surface area contributed by atoms with Gasteiger partial charge in [-0.25, -0.2) is 0 Å². The van der Waals surface area contributed by atoms with Gasteiger partial charge in [-0.1, -0.05) is 19.3 Å². The van der Waals surface area contributed by atoms with Crippen LogP contribution in [0.4, 0.5) is 5.69 Å². The quantitative estimate of drug-likeness (QED) is 0.877. The van der Waals surface area contributed by atoms with E-state index in [4.69, 9.17) is 0 Å². The van der Waals surface area contributed by atoms with Gasteiger partial charge in [0.15, 0.2) is 0 Å². The van der Waals surface area contributed by atoms with Crippen LogP contribution in [0.2, 0.25) is 0 Å². The Morgan fingerprint density at radius 1 is 1.05 bits per heavy atom. The summed E-state index contributed by atoms with van der Waals surface area (Å²) in [4.78, 5) is 23.4. The smallest absolute Gasteiger partial charge is 0.251 e. The minimum Gasteiger partial charge on any atom is -0.355 e. The topological polar surface area (TPSA) is 58.2 Å². The van der Waals surface area contributed by atoms with E-state index in [1.807, 2.05) is 0 Å². The summed E-state index contributed by atoms with van der Waals surface area (Å²) in [6.45, 7) is 0. The molecule has 1 aromatic rings. The van der Waals surface area contributed by atoms with E-state index in [-0.39, 0.29) is 17.7 Å². The molecule has 1 saturated carbocycles. The van der Waals surface area contributed by atoms with Crippen LogP contribution in [0.25, 0.3) is 0 Å². The first-order valence-electron chi connectivity index (χ1n) is 6.83. The zero-order valence-electron chi connectivity index (χ0n) is 11.2. The maximum absolute atomic E-state index is 12.1. The summed E-state index contributed by atoms with van der Waals surface area (Å²) in [5.74, 6) is 0.130. The van der Waals surface area contributed by atoms with Crippen molar-refractivity contribution in [3.8, 4) is 0 Å². The highest BCUT2D eigenvalue weighted by Gasteiger charge is 2.20. The van der Waals surface area contributed by atoms with Gasteiger partial charge in [-0.05, 0) is 37.1 Å². The molecule has 4 heteroatoms. The van der Waals surface area contributed by atoms with Crippen molar-refractivity contribution in [1.82, 2.24) is 5.32 Å². The molecule has 0 aromatic heterocycles. The molecule has 2 amide bonds. The van der Waals surface area contributed by atoms with Crippen LogP contribution < -0.4 is 10.6 Å². The number of rotatable bonds is 3. The average Bonchev–Trinajstić information content (AvgIpc) is 2.48. The molecule has 19 heavy (non-hydrogen) atoms. The number of benzene rings is 1. The van der Waals surface area contributed by atoms with E-state index < -0.39 is 0 Å². The molecule has 102 valence electrons. The normalized spacial score (nSPS) is 15.8. The van der Waals surface area contributed by atoms with Crippen molar-refractivity contribution >= 4 is 17.5 Å². The third-order valence-electron chi connectivity index (χ3n) is 3.62. The molecule has 0 heterocycles. The lowest BCUT2D eigenvalue weighted by atomic mass is 9.88. The number of anilines is 1. The zero-order valence-corrected chi connectivity index (χ0v) is 11.2. The summed E-state index contributed by atoms with van der Waals surface area (Å²) in [5, 5.41) is 5.49. The molecule has 0 bridgehead atoms. The molecular formula is C15H20N2O2. The van der Waals surface area contributed by atoms with Gasteiger partial charge in [-0.2, -0.15) is 0 Å². The van der Waals surface area contributed by atoms with Gasteiger partial charge >= 0.3 is 0 Å². The van der Waals surface area contributed by atoms with E-state index in [0.29, 0.717) is 5.56 Å². The maximum Gasteiger partial charge on any atom is 0.251 e. The molecule has 0 aliphatic heterocycles. The fourth-order valence-electron chi connectivity index (χ4n) is 2.46. The summed E-state index contributed by atoms with van der Waals surface area (Å²) in [5.41, 5.74) is 1.35. The van der Waals surface area contributed by atoms with Crippen LogP contribution in [0.1, 0.15) is 42.5 Å². The van der Waals surface area contributed by atoms with Crippen LogP contribution in [0.5, 0.6) is 0 Å². The fraction of sp³-hybridized carbons (Fsp3) is 0.467. The predicted octanol–water partition coefficient (Wildman–Crippen LogP) is 2.57. The van der Waals surface area contributed by atoms with E-state index in [0.717, 1.165) is 31.4 Å². The lowest BCUT2D eigenvalue weighted by Crippen LogP contribution is -2.24. The monoisotopic (exact) mass is 260 g/mol. The highest BCUT2D eigenvalue weighted by molar-refractivity contribution is 5.96. The van der Waals surface area contributed by atoms with Gasteiger partial charge in [0.05, 0.1) is 0 Å². The second-order valence-corrected chi connectivity index (χ2v) is 4.98. The van der Waals surface area contributed by atoms with Crippen molar-refractivity contribution < 1.29 is 9.59 Å². The number of nitrogens with one attached hydrogen (secondary N) is 2. The van der Waals surface area contributed by atoms with E-state index in [9.17, 15) is 9.59 Å². The third-order valence-corrected chi connectivity index (χ3v) is 3.62. The molecule has 2 N–H and O–H groups in total. The van der Waals surface area contributed by atoms with Crippen molar-refractivity contribution in [3.63, 3.8) is 0 Å². The van der Waals surface area contributed by atoms with E-state index in [2.05, 4.69) is 10.6 Å². The second-order valence-electron chi connectivity index (χ2n) is 4.98. The van der Waals surface area contributed by atoms with Crippen LogP contribution >= 0.6 is 0 Å². The van der Waals surface area contributed by atoms with Crippen LogP contribution in [0.15, 0.2) is 24.3 Å². The molecule has 1 aliphatic carbocycles. The molecule has 0 spiro atoms. The standard InChI is InChI=1S/C15H20N2O2/c1-16-14(18)12-7-9-13(10-8-12)17-15(19)11-5-3-2-4-6-11/h7-11H,2-6H2,1H3,(H,16,18)(H,17,19). The summed E-state index contributed by atoms with van der Waals surface area (Å²) in [6, 6.07) is 6.97.